The van der Waals surface area contributed by atoms with Crippen LogP contribution in [-0.2, 0) is 14.4 Å². The van der Waals surface area contributed by atoms with Crippen molar-refractivity contribution in [3.63, 3.8) is 0 Å². The van der Waals surface area contributed by atoms with Crippen molar-refractivity contribution in [1.82, 2.24) is 15.1 Å². The van der Waals surface area contributed by atoms with E-state index >= 15 is 0 Å². The molecule has 0 atom stereocenters. The second-order valence-electron chi connectivity index (χ2n) is 7.58. The quantitative estimate of drug-likeness (QED) is 0.477. The summed E-state index contributed by atoms with van der Waals surface area (Å²) in [6, 6.07) is 9.16. The lowest BCUT2D eigenvalue weighted by molar-refractivity contribution is -0.140. The van der Waals surface area contributed by atoms with Crippen molar-refractivity contribution in [3.05, 3.63) is 65.1 Å². The second kappa shape index (κ2) is 8.86. The van der Waals surface area contributed by atoms with Crippen LogP contribution < -0.4 is 16.8 Å². The van der Waals surface area contributed by atoms with Crippen molar-refractivity contribution in [3.8, 4) is 0 Å². The molecule has 2 aliphatic heterocycles. The van der Waals surface area contributed by atoms with Crippen LogP contribution in [0.2, 0.25) is 0 Å². The van der Waals surface area contributed by atoms with Crippen molar-refractivity contribution in [2.45, 2.75) is 32.7 Å². The minimum absolute atomic E-state index is 0.0593. The Hall–Kier alpha value is -3.55. The molecule has 8 heteroatoms. The lowest BCUT2D eigenvalue weighted by Gasteiger charge is -2.28. The summed E-state index contributed by atoms with van der Waals surface area (Å²) in [6.45, 7) is 4.06. The first-order valence-corrected chi connectivity index (χ1v) is 9.93. The van der Waals surface area contributed by atoms with Crippen LogP contribution in [0.4, 0.5) is 0 Å². The number of amides is 3. The molecule has 0 radical (unpaired) electrons. The monoisotopic (exact) mass is 409 g/mol. The van der Waals surface area contributed by atoms with E-state index in [1.165, 1.54) is 11.0 Å². The van der Waals surface area contributed by atoms with Gasteiger partial charge >= 0.3 is 0 Å². The van der Waals surface area contributed by atoms with Crippen LogP contribution in [0, 0.1) is 0 Å². The Morgan fingerprint density at radius 3 is 2.50 bits per heavy atom. The zero-order valence-corrected chi connectivity index (χ0v) is 17.2. The predicted octanol–water partition coefficient (Wildman–Crippen LogP) is 1.03. The van der Waals surface area contributed by atoms with Gasteiger partial charge in [0.15, 0.2) is 0 Å². The van der Waals surface area contributed by atoms with Crippen molar-refractivity contribution >= 4 is 23.4 Å². The van der Waals surface area contributed by atoms with Crippen LogP contribution in [0.3, 0.4) is 0 Å². The minimum Gasteiger partial charge on any atom is -0.398 e. The maximum atomic E-state index is 12.7. The summed E-state index contributed by atoms with van der Waals surface area (Å²) in [6.07, 6.45) is 4.39. The number of carbonyl (C=O) groups is 3. The van der Waals surface area contributed by atoms with Gasteiger partial charge in [-0.15, -0.1) is 0 Å². The van der Waals surface area contributed by atoms with Crippen LogP contribution in [0.5, 0.6) is 0 Å². The zero-order chi connectivity index (χ0) is 21.8. The molecule has 0 aromatic heterocycles. The predicted molar refractivity (Wildman–Crippen MR) is 114 cm³/mol. The Morgan fingerprint density at radius 1 is 1.13 bits per heavy atom. The van der Waals surface area contributed by atoms with Gasteiger partial charge in [0.2, 0.25) is 5.91 Å². The summed E-state index contributed by atoms with van der Waals surface area (Å²) in [5.41, 5.74) is 14.1. The lowest BCUT2D eigenvalue weighted by atomic mass is 10.0. The minimum atomic E-state index is -0.368. The van der Waals surface area contributed by atoms with Gasteiger partial charge in [-0.3, -0.25) is 19.3 Å². The molecule has 0 saturated carbocycles. The second-order valence-corrected chi connectivity index (χ2v) is 7.58. The van der Waals surface area contributed by atoms with Gasteiger partial charge in [0.05, 0.1) is 6.54 Å². The number of imide groups is 1. The van der Waals surface area contributed by atoms with Gasteiger partial charge in [0, 0.05) is 23.9 Å². The molecule has 1 aromatic rings. The molecule has 2 heterocycles. The molecule has 3 rings (SSSR count). The molecule has 30 heavy (non-hydrogen) atoms. The standard InChI is InChI=1S/C22H27N5O3/c1-14(2)27-21(29)16-9-6-12-26(20(16)22(27)30)13-19(28)25-18(24)11-10-17(23)15-7-4-3-5-8-15/h3-5,7-8,10-11,14H,6,9,12-13,23-24H2,1-2H3,(H,25,28)/b17-10-,18-11+. The number of carbonyl (C=O) groups excluding carboxylic acids is 3. The molecular formula is C22H27N5O3. The molecule has 158 valence electrons. The molecular weight excluding hydrogens is 382 g/mol. The highest BCUT2D eigenvalue weighted by Crippen LogP contribution is 2.32. The van der Waals surface area contributed by atoms with Crippen LogP contribution in [0.25, 0.3) is 5.70 Å². The van der Waals surface area contributed by atoms with Crippen LogP contribution in [-0.4, -0.2) is 46.7 Å². The topological polar surface area (TPSA) is 122 Å². The smallest absolute Gasteiger partial charge is 0.277 e. The third-order valence-electron chi connectivity index (χ3n) is 5.04. The summed E-state index contributed by atoms with van der Waals surface area (Å²) in [5, 5.41) is 2.60. The summed E-state index contributed by atoms with van der Waals surface area (Å²) in [4.78, 5) is 40.7. The average molecular weight is 409 g/mol. The molecule has 0 saturated heterocycles. The van der Waals surface area contributed by atoms with Gasteiger partial charge in [-0.25, -0.2) is 0 Å². The molecule has 1 aromatic carbocycles. The van der Waals surface area contributed by atoms with E-state index in [9.17, 15) is 14.4 Å². The average Bonchev–Trinajstić information content (AvgIpc) is 2.98. The highest BCUT2D eigenvalue weighted by atomic mass is 16.2. The lowest BCUT2D eigenvalue weighted by Crippen LogP contribution is -2.43. The third kappa shape index (κ3) is 4.37. The summed E-state index contributed by atoms with van der Waals surface area (Å²) < 4.78 is 0. The van der Waals surface area contributed by atoms with Crippen molar-refractivity contribution < 1.29 is 14.4 Å². The zero-order valence-electron chi connectivity index (χ0n) is 17.2. The van der Waals surface area contributed by atoms with E-state index in [1.54, 1.807) is 24.8 Å². The molecule has 0 bridgehead atoms. The Morgan fingerprint density at radius 2 is 1.83 bits per heavy atom. The number of hydrogen-bond donors (Lipinski definition) is 3. The number of hydrogen-bond acceptors (Lipinski definition) is 6. The highest BCUT2D eigenvalue weighted by molar-refractivity contribution is 6.19. The Bertz CT molecular complexity index is 947. The molecule has 8 nitrogen and oxygen atoms in total. The van der Waals surface area contributed by atoms with E-state index in [-0.39, 0.29) is 36.1 Å². The largest absolute Gasteiger partial charge is 0.398 e. The maximum Gasteiger partial charge on any atom is 0.277 e. The number of nitrogens with zero attached hydrogens (tertiary/aromatic N) is 2. The van der Waals surface area contributed by atoms with E-state index in [0.717, 1.165) is 5.56 Å². The number of benzene rings is 1. The van der Waals surface area contributed by atoms with Gasteiger partial charge in [-0.2, -0.15) is 0 Å². The van der Waals surface area contributed by atoms with E-state index in [0.29, 0.717) is 36.4 Å². The fraction of sp³-hybridized carbons (Fsp3) is 0.318. The molecule has 3 amide bonds. The van der Waals surface area contributed by atoms with Gasteiger partial charge in [-0.05, 0) is 44.4 Å². The van der Waals surface area contributed by atoms with Crippen molar-refractivity contribution in [1.29, 1.82) is 0 Å². The van der Waals surface area contributed by atoms with Gasteiger partial charge < -0.3 is 21.7 Å². The van der Waals surface area contributed by atoms with Gasteiger partial charge in [-0.1, -0.05) is 30.3 Å². The molecule has 5 N–H and O–H groups in total. The van der Waals surface area contributed by atoms with E-state index in [1.807, 2.05) is 30.3 Å². The first-order chi connectivity index (χ1) is 14.3. The first-order valence-electron chi connectivity index (χ1n) is 9.93. The van der Waals surface area contributed by atoms with E-state index in [2.05, 4.69) is 5.32 Å². The molecule has 0 unspecified atom stereocenters. The fourth-order valence-corrected chi connectivity index (χ4v) is 3.64. The molecule has 0 fully saturated rings. The Labute approximate surface area is 175 Å². The van der Waals surface area contributed by atoms with Crippen LogP contribution >= 0.6 is 0 Å². The Balaban J connectivity index is 1.66. The summed E-state index contributed by atoms with van der Waals surface area (Å²) in [7, 11) is 0. The number of rotatable bonds is 6. The third-order valence-corrected chi connectivity index (χ3v) is 5.04. The number of nitrogens with one attached hydrogen (secondary N) is 1. The molecule has 0 aliphatic carbocycles. The summed E-state index contributed by atoms with van der Waals surface area (Å²) in [5.74, 6) is -0.814. The maximum absolute atomic E-state index is 12.7. The SMILES string of the molecule is CC(C)N1C(=O)C2=C(C1=O)N(CC(=O)N/C(N)=C/C=C(\N)c1ccccc1)CCC2. The molecule has 0 spiro atoms. The van der Waals surface area contributed by atoms with Gasteiger partial charge in [0.25, 0.3) is 11.8 Å². The van der Waals surface area contributed by atoms with E-state index in [4.69, 9.17) is 11.5 Å². The number of nitrogens with two attached hydrogens (primary N) is 2. The fourth-order valence-electron chi connectivity index (χ4n) is 3.64. The van der Waals surface area contributed by atoms with Crippen LogP contribution in [0.15, 0.2) is 59.6 Å². The number of allylic oxidation sites excluding steroid dienone is 2. The first kappa shape index (κ1) is 21.2. The van der Waals surface area contributed by atoms with Crippen LogP contribution in [0.1, 0.15) is 32.3 Å². The highest BCUT2D eigenvalue weighted by Gasteiger charge is 2.43. The van der Waals surface area contributed by atoms with E-state index < -0.39 is 0 Å². The summed E-state index contributed by atoms with van der Waals surface area (Å²) >= 11 is 0. The van der Waals surface area contributed by atoms with Gasteiger partial charge in [0.1, 0.15) is 11.5 Å². The van der Waals surface area contributed by atoms with Crippen molar-refractivity contribution in [2.75, 3.05) is 13.1 Å². The molecule has 2 aliphatic rings. The van der Waals surface area contributed by atoms with Crippen molar-refractivity contribution in [2.24, 2.45) is 11.5 Å². The Kier molecular flexibility index (Phi) is 6.25. The normalized spacial score (nSPS) is 17.7.